The highest BCUT2D eigenvalue weighted by Crippen LogP contribution is 2.22. The first-order chi connectivity index (χ1) is 9.78. The monoisotopic (exact) mass is 274 g/mol. The van der Waals surface area contributed by atoms with Crippen LogP contribution >= 0.6 is 0 Å². The first kappa shape index (κ1) is 14.4. The zero-order chi connectivity index (χ0) is 14.4. The molecule has 0 fully saturated rings. The summed E-state index contributed by atoms with van der Waals surface area (Å²) in [6.45, 7) is 3.61. The summed E-state index contributed by atoms with van der Waals surface area (Å²) in [5.41, 5.74) is 8.01. The molecule has 20 heavy (non-hydrogen) atoms. The van der Waals surface area contributed by atoms with E-state index in [4.69, 9.17) is 10.5 Å². The van der Waals surface area contributed by atoms with E-state index in [1.807, 2.05) is 36.8 Å². The van der Waals surface area contributed by atoms with E-state index in [0.29, 0.717) is 6.54 Å². The molecule has 5 heteroatoms. The number of benzene rings is 1. The van der Waals surface area contributed by atoms with Crippen molar-refractivity contribution in [3.05, 3.63) is 42.5 Å². The first-order valence-electron chi connectivity index (χ1n) is 6.89. The lowest BCUT2D eigenvalue weighted by Gasteiger charge is -2.20. The van der Waals surface area contributed by atoms with Gasteiger partial charge in [-0.3, -0.25) is 0 Å². The third-order valence-corrected chi connectivity index (χ3v) is 3.21. The lowest BCUT2D eigenvalue weighted by molar-refractivity contribution is 0.415. The molecule has 1 atom stereocenters. The van der Waals surface area contributed by atoms with Gasteiger partial charge in [0.25, 0.3) is 0 Å². The van der Waals surface area contributed by atoms with Crippen molar-refractivity contribution in [2.45, 2.75) is 25.9 Å². The number of hydrogen-bond acceptors (Lipinski definition) is 4. The molecule has 0 radical (unpaired) electrons. The Kier molecular flexibility index (Phi) is 5.01. The van der Waals surface area contributed by atoms with Crippen LogP contribution in [0.4, 0.5) is 5.69 Å². The van der Waals surface area contributed by atoms with Crippen molar-refractivity contribution in [2.75, 3.05) is 19.0 Å². The molecule has 2 aromatic rings. The number of imidazole rings is 1. The highest BCUT2D eigenvalue weighted by atomic mass is 16.5. The molecule has 3 N–H and O–H groups in total. The molecule has 5 nitrogen and oxygen atoms in total. The van der Waals surface area contributed by atoms with Crippen molar-refractivity contribution in [3.63, 3.8) is 0 Å². The van der Waals surface area contributed by atoms with Gasteiger partial charge in [-0.15, -0.1) is 0 Å². The molecule has 1 heterocycles. The van der Waals surface area contributed by atoms with E-state index < -0.39 is 0 Å². The maximum absolute atomic E-state index is 5.91. The standard InChI is InChI=1S/C15H22N4O/c1-3-7-19-11-17-10-15(19)14(9-16)18-12-5-4-6-13(8-12)20-2/h4-6,8,10-11,14,18H,3,7,9,16H2,1-2H3. The molecule has 0 amide bonds. The molecule has 1 aromatic carbocycles. The first-order valence-corrected chi connectivity index (χ1v) is 6.89. The van der Waals surface area contributed by atoms with Gasteiger partial charge in [0.1, 0.15) is 5.75 Å². The second-order valence-corrected chi connectivity index (χ2v) is 4.68. The number of nitrogens with two attached hydrogens (primary N) is 1. The molecule has 1 aromatic heterocycles. The Morgan fingerprint density at radius 3 is 3.00 bits per heavy atom. The normalized spacial score (nSPS) is 12.2. The fourth-order valence-corrected chi connectivity index (χ4v) is 2.22. The van der Waals surface area contributed by atoms with Crippen LogP contribution in [0.2, 0.25) is 0 Å². The van der Waals surface area contributed by atoms with Gasteiger partial charge in [-0.2, -0.15) is 0 Å². The Labute approximate surface area is 119 Å². The fraction of sp³-hybridized carbons (Fsp3) is 0.400. The van der Waals surface area contributed by atoms with Crippen LogP contribution in [0.15, 0.2) is 36.8 Å². The third kappa shape index (κ3) is 3.30. The quantitative estimate of drug-likeness (QED) is 0.813. The highest BCUT2D eigenvalue weighted by Gasteiger charge is 2.14. The second-order valence-electron chi connectivity index (χ2n) is 4.68. The van der Waals surface area contributed by atoms with E-state index in [1.54, 1.807) is 7.11 Å². The number of nitrogens with one attached hydrogen (secondary N) is 1. The predicted molar refractivity (Wildman–Crippen MR) is 80.9 cm³/mol. The van der Waals surface area contributed by atoms with Crippen LogP contribution in [0.25, 0.3) is 0 Å². The number of rotatable bonds is 7. The number of ether oxygens (including phenoxy) is 1. The van der Waals surface area contributed by atoms with Crippen LogP contribution in [0.5, 0.6) is 5.75 Å². The lowest BCUT2D eigenvalue weighted by atomic mass is 10.2. The molecule has 2 rings (SSSR count). The van der Waals surface area contributed by atoms with Crippen molar-refractivity contribution in [2.24, 2.45) is 5.73 Å². The molecule has 1 unspecified atom stereocenters. The number of methoxy groups -OCH3 is 1. The van der Waals surface area contributed by atoms with Crippen LogP contribution in [-0.2, 0) is 6.54 Å². The van der Waals surface area contributed by atoms with Gasteiger partial charge in [-0.25, -0.2) is 4.98 Å². The Morgan fingerprint density at radius 2 is 2.30 bits per heavy atom. The smallest absolute Gasteiger partial charge is 0.120 e. The minimum absolute atomic E-state index is 0.0381. The average molecular weight is 274 g/mol. The summed E-state index contributed by atoms with van der Waals surface area (Å²) in [5.74, 6) is 0.827. The molecular formula is C15H22N4O. The summed E-state index contributed by atoms with van der Waals surface area (Å²) in [7, 11) is 1.66. The zero-order valence-electron chi connectivity index (χ0n) is 12.0. The number of nitrogens with zero attached hydrogens (tertiary/aromatic N) is 2. The van der Waals surface area contributed by atoms with Crippen LogP contribution in [-0.4, -0.2) is 23.2 Å². The topological polar surface area (TPSA) is 65.1 Å². The molecular weight excluding hydrogens is 252 g/mol. The third-order valence-electron chi connectivity index (χ3n) is 3.21. The van der Waals surface area contributed by atoms with Crippen LogP contribution < -0.4 is 15.8 Å². The zero-order valence-corrected chi connectivity index (χ0v) is 12.0. The van der Waals surface area contributed by atoms with E-state index in [-0.39, 0.29) is 6.04 Å². The van der Waals surface area contributed by atoms with E-state index in [1.165, 1.54) is 0 Å². The molecule has 0 aliphatic rings. The molecule has 0 aliphatic carbocycles. The average Bonchev–Trinajstić information content (AvgIpc) is 2.93. The summed E-state index contributed by atoms with van der Waals surface area (Å²) in [4.78, 5) is 4.23. The summed E-state index contributed by atoms with van der Waals surface area (Å²) in [6, 6.07) is 7.88. The number of aryl methyl sites for hydroxylation is 1. The van der Waals surface area contributed by atoms with Gasteiger partial charge in [0.2, 0.25) is 0 Å². The van der Waals surface area contributed by atoms with Crippen molar-refractivity contribution in [3.8, 4) is 5.75 Å². The Bertz CT molecular complexity index is 538. The highest BCUT2D eigenvalue weighted by molar-refractivity contribution is 5.49. The van der Waals surface area contributed by atoms with Crippen molar-refractivity contribution in [1.82, 2.24) is 9.55 Å². The minimum atomic E-state index is 0.0381. The summed E-state index contributed by atoms with van der Waals surface area (Å²) < 4.78 is 7.38. The summed E-state index contributed by atoms with van der Waals surface area (Å²) in [6.07, 6.45) is 4.80. The van der Waals surface area contributed by atoms with Gasteiger partial charge >= 0.3 is 0 Å². The minimum Gasteiger partial charge on any atom is -0.497 e. The lowest BCUT2D eigenvalue weighted by Crippen LogP contribution is -2.23. The van der Waals surface area contributed by atoms with Gasteiger partial charge in [-0.05, 0) is 18.6 Å². The van der Waals surface area contributed by atoms with E-state index in [9.17, 15) is 0 Å². The second kappa shape index (κ2) is 6.96. The summed E-state index contributed by atoms with van der Waals surface area (Å²) >= 11 is 0. The molecule has 0 spiro atoms. The Balaban J connectivity index is 2.17. The fourth-order valence-electron chi connectivity index (χ4n) is 2.22. The van der Waals surface area contributed by atoms with Crippen molar-refractivity contribution >= 4 is 5.69 Å². The molecule has 0 bridgehead atoms. The van der Waals surface area contributed by atoms with Gasteiger partial charge < -0.3 is 20.4 Å². The van der Waals surface area contributed by atoms with Crippen molar-refractivity contribution < 1.29 is 4.74 Å². The SMILES string of the molecule is CCCn1cncc1C(CN)Nc1cccc(OC)c1. The van der Waals surface area contributed by atoms with Gasteiger partial charge in [0.05, 0.1) is 31.4 Å². The molecule has 0 saturated heterocycles. The Morgan fingerprint density at radius 1 is 1.45 bits per heavy atom. The van der Waals surface area contributed by atoms with Crippen molar-refractivity contribution in [1.29, 1.82) is 0 Å². The predicted octanol–water partition coefficient (Wildman–Crippen LogP) is 2.41. The van der Waals surface area contributed by atoms with Gasteiger partial charge in [0, 0.05) is 24.8 Å². The Hall–Kier alpha value is -2.01. The molecule has 0 saturated carbocycles. The van der Waals surface area contributed by atoms with Gasteiger partial charge in [-0.1, -0.05) is 13.0 Å². The number of aromatic nitrogens is 2. The van der Waals surface area contributed by atoms with Crippen LogP contribution in [0.1, 0.15) is 25.1 Å². The summed E-state index contributed by atoms with van der Waals surface area (Å²) in [5, 5.41) is 3.44. The van der Waals surface area contributed by atoms with E-state index in [0.717, 1.165) is 30.1 Å². The number of hydrogen-bond donors (Lipinski definition) is 2. The molecule has 108 valence electrons. The largest absolute Gasteiger partial charge is 0.497 e. The molecule has 0 aliphatic heterocycles. The van der Waals surface area contributed by atoms with Crippen LogP contribution in [0, 0.1) is 0 Å². The van der Waals surface area contributed by atoms with E-state index in [2.05, 4.69) is 21.8 Å². The van der Waals surface area contributed by atoms with Crippen LogP contribution in [0.3, 0.4) is 0 Å². The van der Waals surface area contributed by atoms with Gasteiger partial charge in [0.15, 0.2) is 0 Å². The number of anilines is 1. The maximum atomic E-state index is 5.91. The maximum Gasteiger partial charge on any atom is 0.120 e. The van der Waals surface area contributed by atoms with E-state index >= 15 is 0 Å².